The van der Waals surface area contributed by atoms with Crippen molar-refractivity contribution in [1.82, 2.24) is 0 Å². The Morgan fingerprint density at radius 1 is 0.643 bits per heavy atom. The van der Waals surface area contributed by atoms with E-state index in [1.807, 2.05) is 0 Å². The van der Waals surface area contributed by atoms with Gasteiger partial charge in [-0.15, -0.1) is 0 Å². The molecule has 3 nitrogen and oxygen atoms in total. The Morgan fingerprint density at radius 2 is 1.04 bits per heavy atom. The maximum atomic E-state index is 13.9. The summed E-state index contributed by atoms with van der Waals surface area (Å²) in [6.07, 6.45) is -22.7. The minimum absolute atomic E-state index is 0.554. The minimum atomic E-state index is -8.14. The lowest BCUT2D eigenvalue weighted by molar-refractivity contribution is -0.480. The van der Waals surface area contributed by atoms with Gasteiger partial charge in [0.2, 0.25) is 0 Å². The summed E-state index contributed by atoms with van der Waals surface area (Å²) in [4.78, 5) is 10.9. The zero-order valence-corrected chi connectivity index (χ0v) is 12.2. The summed E-state index contributed by atoms with van der Waals surface area (Å²) >= 11 is 0. The van der Waals surface area contributed by atoms with Crippen molar-refractivity contribution in [3.63, 3.8) is 0 Å². The molecule has 0 saturated carbocycles. The first-order chi connectivity index (χ1) is 11.9. The summed E-state index contributed by atoms with van der Waals surface area (Å²) in [5, 5.41) is 0. The van der Waals surface area contributed by atoms with Crippen molar-refractivity contribution < 1.29 is 80.1 Å². The third kappa shape index (κ3) is 3.82. The lowest BCUT2D eigenvalue weighted by Crippen LogP contribution is -2.71. The molecular formula is C10H3F15O3. The Bertz CT molecular complexity index is 604. The van der Waals surface area contributed by atoms with Gasteiger partial charge in [-0.1, -0.05) is 6.58 Å². The largest absolute Gasteiger partial charge is 0.483 e. The van der Waals surface area contributed by atoms with E-state index in [4.69, 9.17) is 0 Å². The van der Waals surface area contributed by atoms with E-state index in [1.54, 1.807) is 4.74 Å². The van der Waals surface area contributed by atoms with Gasteiger partial charge in [-0.2, -0.15) is 65.9 Å². The second-order valence-corrected chi connectivity index (χ2v) is 4.50. The SMILES string of the molecule is C=COC(=O)C(F)(OC(F)(F)C(F)(F)F)C(F)(F)C(F)(F)C(F)(F)C(F)(F)F. The normalized spacial score (nSPS) is 17.1. The number of hydrogen-bond acceptors (Lipinski definition) is 3. The second-order valence-electron chi connectivity index (χ2n) is 4.50. The van der Waals surface area contributed by atoms with Crippen molar-refractivity contribution in [1.29, 1.82) is 0 Å². The average Bonchev–Trinajstić information content (AvgIpc) is 2.43. The average molecular weight is 456 g/mol. The number of rotatable bonds is 7. The van der Waals surface area contributed by atoms with Crippen molar-refractivity contribution >= 4 is 5.97 Å². The summed E-state index contributed by atoms with van der Waals surface area (Å²) in [6, 6.07) is 0. The zero-order valence-electron chi connectivity index (χ0n) is 12.2. The summed E-state index contributed by atoms with van der Waals surface area (Å²) in [7, 11) is 0. The van der Waals surface area contributed by atoms with Crippen LogP contribution in [0.1, 0.15) is 0 Å². The maximum absolute atomic E-state index is 13.9. The summed E-state index contributed by atoms with van der Waals surface area (Å²) in [5.41, 5.74) is 0. The molecule has 0 bridgehead atoms. The highest BCUT2D eigenvalue weighted by Crippen LogP contribution is 2.58. The van der Waals surface area contributed by atoms with Gasteiger partial charge < -0.3 is 4.74 Å². The molecule has 0 rings (SSSR count). The smallest absolute Gasteiger partial charge is 0.431 e. The number of carbonyl (C=O) groups is 1. The van der Waals surface area contributed by atoms with Crippen LogP contribution in [0.25, 0.3) is 0 Å². The summed E-state index contributed by atoms with van der Waals surface area (Å²) in [5.74, 6) is -35.3. The second kappa shape index (κ2) is 6.87. The highest BCUT2D eigenvalue weighted by molar-refractivity contribution is 5.80. The first-order valence-electron chi connectivity index (χ1n) is 5.80. The van der Waals surface area contributed by atoms with E-state index in [1.165, 1.54) is 0 Å². The molecule has 0 spiro atoms. The molecule has 28 heavy (non-hydrogen) atoms. The van der Waals surface area contributed by atoms with Crippen LogP contribution in [-0.4, -0.2) is 48.1 Å². The Morgan fingerprint density at radius 3 is 1.32 bits per heavy atom. The van der Waals surface area contributed by atoms with E-state index in [-0.39, 0.29) is 0 Å². The fourth-order valence-corrected chi connectivity index (χ4v) is 1.20. The van der Waals surface area contributed by atoms with Crippen molar-refractivity contribution in [3.8, 4) is 0 Å². The molecule has 0 aliphatic carbocycles. The van der Waals surface area contributed by atoms with Gasteiger partial charge in [-0.05, 0) is 0 Å². The molecule has 0 radical (unpaired) electrons. The number of halogens is 15. The monoisotopic (exact) mass is 456 g/mol. The van der Waals surface area contributed by atoms with Gasteiger partial charge in [0, 0.05) is 0 Å². The molecule has 0 aliphatic rings. The van der Waals surface area contributed by atoms with Crippen molar-refractivity contribution in [2.45, 2.75) is 42.1 Å². The Hall–Kier alpha value is -1.88. The molecule has 18 heteroatoms. The van der Waals surface area contributed by atoms with Gasteiger partial charge in [-0.3, -0.25) is 4.74 Å². The van der Waals surface area contributed by atoms with E-state index in [2.05, 4.69) is 11.3 Å². The van der Waals surface area contributed by atoms with Gasteiger partial charge in [0.15, 0.2) is 0 Å². The first kappa shape index (κ1) is 26.1. The molecule has 0 aromatic carbocycles. The Kier molecular flexibility index (Phi) is 6.41. The van der Waals surface area contributed by atoms with E-state index in [9.17, 15) is 70.7 Å². The topological polar surface area (TPSA) is 35.5 Å². The maximum Gasteiger partial charge on any atom is 0.483 e. The van der Waals surface area contributed by atoms with E-state index >= 15 is 0 Å². The molecular weight excluding hydrogens is 453 g/mol. The quantitative estimate of drug-likeness (QED) is 0.308. The lowest BCUT2D eigenvalue weighted by Gasteiger charge is -2.39. The molecule has 0 aromatic heterocycles. The summed E-state index contributed by atoms with van der Waals surface area (Å²) < 4.78 is 194. The van der Waals surface area contributed by atoms with Crippen LogP contribution in [0, 0.1) is 0 Å². The number of ether oxygens (including phenoxy) is 2. The van der Waals surface area contributed by atoms with Gasteiger partial charge >= 0.3 is 48.1 Å². The van der Waals surface area contributed by atoms with Crippen LogP contribution in [0.5, 0.6) is 0 Å². The predicted octanol–water partition coefficient (Wildman–Crippen LogP) is 4.98. The van der Waals surface area contributed by atoms with Crippen molar-refractivity contribution in [2.24, 2.45) is 0 Å². The molecule has 0 amide bonds. The Labute approximate surface area is 142 Å². The fourth-order valence-electron chi connectivity index (χ4n) is 1.20. The number of alkyl halides is 15. The molecule has 1 atom stereocenters. The van der Waals surface area contributed by atoms with Crippen LogP contribution in [0.4, 0.5) is 65.9 Å². The van der Waals surface area contributed by atoms with Crippen LogP contribution >= 0.6 is 0 Å². The molecule has 0 heterocycles. The van der Waals surface area contributed by atoms with Gasteiger partial charge in [-0.25, -0.2) is 4.79 Å². The predicted molar refractivity (Wildman–Crippen MR) is 53.1 cm³/mol. The third-order valence-corrected chi connectivity index (χ3v) is 2.60. The van der Waals surface area contributed by atoms with Gasteiger partial charge in [0.1, 0.15) is 0 Å². The molecule has 166 valence electrons. The van der Waals surface area contributed by atoms with E-state index < -0.39 is 54.3 Å². The standard InChI is InChI=1S/C10H3F15O3/c1-2-27-3(26)4(11,28-10(24,25)9(21,22)23)5(12,13)6(14,15)7(16,17)8(18,19)20/h2H,1H2. The summed E-state index contributed by atoms with van der Waals surface area (Å²) in [6.45, 7) is 2.26. The molecule has 0 saturated heterocycles. The molecule has 0 N–H and O–H groups in total. The Balaban J connectivity index is 6.74. The van der Waals surface area contributed by atoms with E-state index in [0.29, 0.717) is 0 Å². The van der Waals surface area contributed by atoms with Crippen molar-refractivity contribution in [3.05, 3.63) is 12.8 Å². The van der Waals surface area contributed by atoms with Crippen LogP contribution in [0.15, 0.2) is 12.8 Å². The number of carbonyl (C=O) groups excluding carboxylic acids is 1. The lowest BCUT2D eigenvalue weighted by atomic mass is 9.97. The zero-order chi connectivity index (χ0) is 23.2. The minimum Gasteiger partial charge on any atom is -0.431 e. The van der Waals surface area contributed by atoms with Gasteiger partial charge in [0.25, 0.3) is 0 Å². The fraction of sp³-hybridized carbons (Fsp3) is 0.700. The van der Waals surface area contributed by atoms with Crippen LogP contribution in [0.2, 0.25) is 0 Å². The molecule has 1 unspecified atom stereocenters. The van der Waals surface area contributed by atoms with Gasteiger partial charge in [0.05, 0.1) is 6.26 Å². The van der Waals surface area contributed by atoms with Crippen LogP contribution in [-0.2, 0) is 14.3 Å². The number of hydrogen-bond donors (Lipinski definition) is 0. The van der Waals surface area contributed by atoms with Crippen LogP contribution < -0.4 is 0 Å². The molecule has 0 aliphatic heterocycles. The molecule has 0 fully saturated rings. The number of esters is 1. The highest BCUT2D eigenvalue weighted by atomic mass is 19.4. The van der Waals surface area contributed by atoms with Crippen molar-refractivity contribution in [2.75, 3.05) is 0 Å². The van der Waals surface area contributed by atoms with Crippen LogP contribution in [0.3, 0.4) is 0 Å². The molecule has 0 aromatic rings. The first-order valence-corrected chi connectivity index (χ1v) is 5.80. The van der Waals surface area contributed by atoms with E-state index in [0.717, 1.165) is 0 Å². The highest BCUT2D eigenvalue weighted by Gasteiger charge is 2.90. The third-order valence-electron chi connectivity index (χ3n) is 2.60.